The molecule has 2 aromatic rings. The van der Waals surface area contributed by atoms with Crippen molar-refractivity contribution in [1.82, 2.24) is 10.6 Å². The number of methoxy groups -OCH3 is 1. The first kappa shape index (κ1) is 26.9. The number of hydrogen-bond acceptors (Lipinski definition) is 5. The van der Waals surface area contributed by atoms with Gasteiger partial charge in [0.05, 0.1) is 25.0 Å². The van der Waals surface area contributed by atoms with Crippen LogP contribution in [0, 0.1) is 5.92 Å². The first-order chi connectivity index (χ1) is 16.3. The van der Waals surface area contributed by atoms with Crippen LogP contribution in [-0.2, 0) is 9.53 Å². The largest absolute Gasteiger partial charge is 0.497 e. The van der Waals surface area contributed by atoms with E-state index in [1.807, 2.05) is 20.8 Å². The molecule has 8 heteroatoms. The standard InChI is InChI=1S/C26H35N3O5/c1-5-15-34-16-14-27-26(32)23(17-18(2)3)29-25(31)21-8-6-7-9-22(21)28-24(30)19-10-12-20(33-4)13-11-19/h6-13,18,23H,5,14-17H2,1-4H3,(H,27,32)(H,28,30)(H,29,31)/t23-/m1/s1. The number of para-hydroxylation sites is 1. The SMILES string of the molecule is CCCOCCNC(=O)[C@@H](CC(C)C)NC(=O)c1ccccc1NC(=O)c1ccc(OC)cc1. The van der Waals surface area contributed by atoms with Gasteiger partial charge in [0.15, 0.2) is 0 Å². The molecule has 0 saturated carbocycles. The Kier molecular flexibility index (Phi) is 11.1. The van der Waals surface area contributed by atoms with Crippen molar-refractivity contribution in [3.05, 3.63) is 59.7 Å². The number of amides is 3. The van der Waals surface area contributed by atoms with E-state index in [4.69, 9.17) is 9.47 Å². The lowest BCUT2D eigenvalue weighted by molar-refractivity contribution is -0.123. The Hall–Kier alpha value is -3.39. The van der Waals surface area contributed by atoms with Gasteiger partial charge in [-0.15, -0.1) is 0 Å². The molecule has 34 heavy (non-hydrogen) atoms. The Morgan fingerprint density at radius 1 is 0.941 bits per heavy atom. The number of carbonyl (C=O) groups is 3. The molecule has 184 valence electrons. The van der Waals surface area contributed by atoms with E-state index >= 15 is 0 Å². The van der Waals surface area contributed by atoms with Crippen molar-refractivity contribution in [2.45, 2.75) is 39.7 Å². The first-order valence-corrected chi connectivity index (χ1v) is 11.6. The van der Waals surface area contributed by atoms with Gasteiger partial charge in [0.25, 0.3) is 11.8 Å². The molecule has 0 fully saturated rings. The van der Waals surface area contributed by atoms with Crippen LogP contribution in [0.2, 0.25) is 0 Å². The number of benzene rings is 2. The van der Waals surface area contributed by atoms with Gasteiger partial charge in [0, 0.05) is 18.7 Å². The number of nitrogens with one attached hydrogen (secondary N) is 3. The Morgan fingerprint density at radius 2 is 1.65 bits per heavy atom. The van der Waals surface area contributed by atoms with Crippen LogP contribution in [0.25, 0.3) is 0 Å². The Morgan fingerprint density at radius 3 is 2.29 bits per heavy atom. The summed E-state index contributed by atoms with van der Waals surface area (Å²) in [4.78, 5) is 38.5. The fourth-order valence-corrected chi connectivity index (χ4v) is 3.28. The summed E-state index contributed by atoms with van der Waals surface area (Å²) in [5.74, 6) is -0.220. The van der Waals surface area contributed by atoms with E-state index in [0.717, 1.165) is 6.42 Å². The Bertz CT molecular complexity index is 944. The molecule has 8 nitrogen and oxygen atoms in total. The molecule has 0 aliphatic heterocycles. The highest BCUT2D eigenvalue weighted by Crippen LogP contribution is 2.18. The number of hydrogen-bond donors (Lipinski definition) is 3. The van der Waals surface area contributed by atoms with Crippen LogP contribution in [0.15, 0.2) is 48.5 Å². The first-order valence-electron chi connectivity index (χ1n) is 11.6. The zero-order chi connectivity index (χ0) is 24.9. The highest BCUT2D eigenvalue weighted by molar-refractivity contribution is 6.09. The van der Waals surface area contributed by atoms with Gasteiger partial charge >= 0.3 is 0 Å². The monoisotopic (exact) mass is 469 g/mol. The second kappa shape index (κ2) is 14.0. The molecule has 0 bridgehead atoms. The molecule has 0 saturated heterocycles. The van der Waals surface area contributed by atoms with Crippen LogP contribution in [0.5, 0.6) is 5.75 Å². The molecule has 0 aliphatic rings. The molecule has 2 aromatic carbocycles. The predicted octanol–water partition coefficient (Wildman–Crippen LogP) is 3.63. The molecule has 1 atom stereocenters. The van der Waals surface area contributed by atoms with E-state index in [1.54, 1.807) is 55.6 Å². The fourth-order valence-electron chi connectivity index (χ4n) is 3.28. The minimum Gasteiger partial charge on any atom is -0.497 e. The van der Waals surface area contributed by atoms with Gasteiger partial charge < -0.3 is 25.4 Å². The molecule has 0 unspecified atom stereocenters. The summed E-state index contributed by atoms with van der Waals surface area (Å²) >= 11 is 0. The van der Waals surface area contributed by atoms with Crippen molar-refractivity contribution in [2.75, 3.05) is 32.2 Å². The number of ether oxygens (including phenoxy) is 2. The third-order valence-corrected chi connectivity index (χ3v) is 5.00. The van der Waals surface area contributed by atoms with Crippen LogP contribution >= 0.6 is 0 Å². The zero-order valence-corrected chi connectivity index (χ0v) is 20.4. The van der Waals surface area contributed by atoms with E-state index in [0.29, 0.717) is 43.2 Å². The molecular weight excluding hydrogens is 434 g/mol. The molecule has 0 aliphatic carbocycles. The van der Waals surface area contributed by atoms with Gasteiger partial charge in [-0.05, 0) is 55.2 Å². The lowest BCUT2D eigenvalue weighted by Crippen LogP contribution is -2.48. The lowest BCUT2D eigenvalue weighted by Gasteiger charge is -2.21. The molecule has 3 amide bonds. The van der Waals surface area contributed by atoms with Gasteiger partial charge in [-0.1, -0.05) is 32.9 Å². The molecule has 0 spiro atoms. The average Bonchev–Trinajstić information content (AvgIpc) is 2.83. The molecular formula is C26H35N3O5. The minimum atomic E-state index is -0.705. The maximum atomic E-state index is 13.1. The van der Waals surface area contributed by atoms with Crippen molar-refractivity contribution in [3.8, 4) is 5.75 Å². The van der Waals surface area contributed by atoms with Crippen molar-refractivity contribution in [1.29, 1.82) is 0 Å². The highest BCUT2D eigenvalue weighted by Gasteiger charge is 2.24. The van der Waals surface area contributed by atoms with Crippen molar-refractivity contribution >= 4 is 23.4 Å². The third-order valence-electron chi connectivity index (χ3n) is 5.00. The molecule has 0 radical (unpaired) electrons. The predicted molar refractivity (Wildman–Crippen MR) is 132 cm³/mol. The quantitative estimate of drug-likeness (QED) is 0.389. The smallest absolute Gasteiger partial charge is 0.255 e. The Balaban J connectivity index is 2.08. The van der Waals surface area contributed by atoms with E-state index < -0.39 is 11.9 Å². The fraction of sp³-hybridized carbons (Fsp3) is 0.423. The molecule has 0 heterocycles. The lowest BCUT2D eigenvalue weighted by atomic mass is 10.0. The van der Waals surface area contributed by atoms with Crippen LogP contribution in [0.3, 0.4) is 0 Å². The maximum absolute atomic E-state index is 13.1. The normalized spacial score (nSPS) is 11.6. The summed E-state index contributed by atoms with van der Waals surface area (Å²) in [6, 6.07) is 12.7. The van der Waals surface area contributed by atoms with Crippen molar-refractivity contribution < 1.29 is 23.9 Å². The van der Waals surface area contributed by atoms with Crippen LogP contribution < -0.4 is 20.7 Å². The van der Waals surface area contributed by atoms with Gasteiger partial charge in [0.2, 0.25) is 5.91 Å². The van der Waals surface area contributed by atoms with Gasteiger partial charge in [-0.25, -0.2) is 0 Å². The second-order valence-electron chi connectivity index (χ2n) is 8.29. The van der Waals surface area contributed by atoms with Gasteiger partial charge in [-0.3, -0.25) is 14.4 Å². The van der Waals surface area contributed by atoms with Crippen LogP contribution in [-0.4, -0.2) is 50.6 Å². The second-order valence-corrected chi connectivity index (χ2v) is 8.29. The van der Waals surface area contributed by atoms with Crippen LogP contribution in [0.1, 0.15) is 54.3 Å². The minimum absolute atomic E-state index is 0.192. The van der Waals surface area contributed by atoms with E-state index in [9.17, 15) is 14.4 Å². The third kappa shape index (κ3) is 8.51. The van der Waals surface area contributed by atoms with Crippen molar-refractivity contribution in [3.63, 3.8) is 0 Å². The topological polar surface area (TPSA) is 106 Å². The zero-order valence-electron chi connectivity index (χ0n) is 20.4. The van der Waals surface area contributed by atoms with Gasteiger partial charge in [-0.2, -0.15) is 0 Å². The Labute approximate surface area is 201 Å². The molecule has 0 aromatic heterocycles. The summed E-state index contributed by atoms with van der Waals surface area (Å²) in [6.45, 7) is 7.42. The summed E-state index contributed by atoms with van der Waals surface area (Å²) in [5, 5.41) is 8.43. The van der Waals surface area contributed by atoms with Crippen molar-refractivity contribution in [2.24, 2.45) is 5.92 Å². The van der Waals surface area contributed by atoms with Gasteiger partial charge in [0.1, 0.15) is 11.8 Å². The highest BCUT2D eigenvalue weighted by atomic mass is 16.5. The summed E-state index contributed by atoms with van der Waals surface area (Å²) in [7, 11) is 1.55. The maximum Gasteiger partial charge on any atom is 0.255 e. The van der Waals surface area contributed by atoms with E-state index in [1.165, 1.54) is 0 Å². The van der Waals surface area contributed by atoms with E-state index in [2.05, 4.69) is 16.0 Å². The average molecular weight is 470 g/mol. The summed E-state index contributed by atoms with van der Waals surface area (Å²) in [5.41, 5.74) is 1.06. The molecule has 3 N–H and O–H groups in total. The van der Waals surface area contributed by atoms with E-state index in [-0.39, 0.29) is 23.3 Å². The number of rotatable bonds is 13. The number of anilines is 1. The van der Waals surface area contributed by atoms with Crippen LogP contribution in [0.4, 0.5) is 5.69 Å². The summed E-state index contributed by atoms with van der Waals surface area (Å²) < 4.78 is 10.5. The molecule has 2 rings (SSSR count). The summed E-state index contributed by atoms with van der Waals surface area (Å²) in [6.07, 6.45) is 1.39. The number of carbonyl (C=O) groups excluding carboxylic acids is 3.